The maximum Gasteiger partial charge on any atom is 0.260 e. The summed E-state index contributed by atoms with van der Waals surface area (Å²) >= 11 is 0. The van der Waals surface area contributed by atoms with Crippen LogP contribution in [0.3, 0.4) is 0 Å². The van der Waals surface area contributed by atoms with Crippen molar-refractivity contribution >= 4 is 5.91 Å². The summed E-state index contributed by atoms with van der Waals surface area (Å²) in [6, 6.07) is 11.5. The lowest BCUT2D eigenvalue weighted by atomic mass is 10.00. The van der Waals surface area contributed by atoms with E-state index in [-0.39, 0.29) is 18.4 Å². The third-order valence-electron chi connectivity index (χ3n) is 3.06. The summed E-state index contributed by atoms with van der Waals surface area (Å²) in [6.07, 6.45) is 1.79. The van der Waals surface area contributed by atoms with E-state index in [1.54, 1.807) is 4.90 Å². The second-order valence-corrected chi connectivity index (χ2v) is 4.41. The second-order valence-electron chi connectivity index (χ2n) is 4.41. The molecule has 0 aliphatic carbocycles. The summed E-state index contributed by atoms with van der Waals surface area (Å²) in [5, 5.41) is 8.88. The molecule has 0 bridgehead atoms. The summed E-state index contributed by atoms with van der Waals surface area (Å²) in [4.78, 5) is 13.6. The first-order valence-corrected chi connectivity index (χ1v) is 6.15. The van der Waals surface area contributed by atoms with Gasteiger partial charge in [0.2, 0.25) is 0 Å². The maximum absolute atomic E-state index is 11.9. The van der Waals surface area contributed by atoms with Crippen LogP contribution in [0.1, 0.15) is 12.8 Å². The van der Waals surface area contributed by atoms with E-state index in [1.807, 2.05) is 30.3 Å². The van der Waals surface area contributed by atoms with Gasteiger partial charge in [-0.2, -0.15) is 5.26 Å². The number of piperidine rings is 1. The number of nitriles is 1. The third-order valence-corrected chi connectivity index (χ3v) is 3.06. The van der Waals surface area contributed by atoms with Crippen molar-refractivity contribution in [2.24, 2.45) is 5.92 Å². The van der Waals surface area contributed by atoms with Crippen LogP contribution >= 0.6 is 0 Å². The van der Waals surface area contributed by atoms with Crippen molar-refractivity contribution in [3.63, 3.8) is 0 Å². The number of hydrogen-bond acceptors (Lipinski definition) is 3. The first kappa shape index (κ1) is 12.4. The van der Waals surface area contributed by atoms with Crippen molar-refractivity contribution in [2.75, 3.05) is 19.7 Å². The molecule has 1 aliphatic rings. The third kappa shape index (κ3) is 3.24. The van der Waals surface area contributed by atoms with E-state index in [4.69, 9.17) is 10.00 Å². The van der Waals surface area contributed by atoms with Gasteiger partial charge in [0.05, 0.1) is 12.0 Å². The van der Waals surface area contributed by atoms with Crippen molar-refractivity contribution < 1.29 is 9.53 Å². The number of carbonyl (C=O) groups excluding carboxylic acids is 1. The standard InChI is InChI=1S/C14H16N2O2/c15-9-12-5-4-8-16(10-12)14(17)11-18-13-6-2-1-3-7-13/h1-3,6-7,12H,4-5,8,10-11H2. The molecule has 1 aromatic rings. The minimum atomic E-state index is -0.0428. The molecule has 1 heterocycles. The van der Waals surface area contributed by atoms with Crippen LogP contribution in [0.25, 0.3) is 0 Å². The van der Waals surface area contributed by atoms with Crippen LogP contribution in [0.5, 0.6) is 5.75 Å². The van der Waals surface area contributed by atoms with Crippen LogP contribution in [0.2, 0.25) is 0 Å². The summed E-state index contributed by atoms with van der Waals surface area (Å²) in [5.41, 5.74) is 0. The lowest BCUT2D eigenvalue weighted by molar-refractivity contribution is -0.134. The van der Waals surface area contributed by atoms with Gasteiger partial charge in [0.25, 0.3) is 5.91 Å². The fraction of sp³-hybridized carbons (Fsp3) is 0.429. The zero-order valence-electron chi connectivity index (χ0n) is 10.2. The van der Waals surface area contributed by atoms with E-state index in [9.17, 15) is 4.79 Å². The highest BCUT2D eigenvalue weighted by atomic mass is 16.5. The molecular weight excluding hydrogens is 228 g/mol. The molecule has 4 heteroatoms. The summed E-state index contributed by atoms with van der Waals surface area (Å²) in [5.74, 6) is 0.623. The van der Waals surface area contributed by atoms with E-state index < -0.39 is 0 Å². The summed E-state index contributed by atoms with van der Waals surface area (Å²) < 4.78 is 5.42. The van der Waals surface area contributed by atoms with Crippen LogP contribution in [0.4, 0.5) is 0 Å². The zero-order valence-corrected chi connectivity index (χ0v) is 10.2. The van der Waals surface area contributed by atoms with Crippen LogP contribution in [-0.4, -0.2) is 30.5 Å². The van der Waals surface area contributed by atoms with E-state index >= 15 is 0 Å². The fourth-order valence-corrected chi connectivity index (χ4v) is 2.06. The summed E-state index contributed by atoms with van der Waals surface area (Å²) in [7, 11) is 0. The minimum absolute atomic E-state index is 0.0283. The highest BCUT2D eigenvalue weighted by Gasteiger charge is 2.23. The molecule has 94 valence electrons. The molecule has 0 saturated carbocycles. The van der Waals surface area contributed by atoms with Crippen molar-refractivity contribution in [2.45, 2.75) is 12.8 Å². The zero-order chi connectivity index (χ0) is 12.8. The average molecular weight is 244 g/mol. The van der Waals surface area contributed by atoms with Crippen molar-refractivity contribution in [1.82, 2.24) is 4.90 Å². The van der Waals surface area contributed by atoms with Crippen LogP contribution in [0.15, 0.2) is 30.3 Å². The number of amides is 1. The van der Waals surface area contributed by atoms with Gasteiger partial charge in [0.15, 0.2) is 6.61 Å². The quantitative estimate of drug-likeness (QED) is 0.815. The van der Waals surface area contributed by atoms with Crippen molar-refractivity contribution in [3.8, 4) is 11.8 Å². The molecule has 1 aromatic carbocycles. The highest BCUT2D eigenvalue weighted by molar-refractivity contribution is 5.77. The Kier molecular flexibility index (Phi) is 4.19. The van der Waals surface area contributed by atoms with Crippen LogP contribution < -0.4 is 4.74 Å². The van der Waals surface area contributed by atoms with Gasteiger partial charge in [-0.05, 0) is 25.0 Å². The van der Waals surface area contributed by atoms with E-state index in [2.05, 4.69) is 6.07 Å². The van der Waals surface area contributed by atoms with Gasteiger partial charge in [-0.25, -0.2) is 0 Å². The Morgan fingerprint density at radius 2 is 2.22 bits per heavy atom. The molecule has 1 amide bonds. The lowest BCUT2D eigenvalue weighted by Gasteiger charge is -2.29. The maximum atomic E-state index is 11.9. The molecule has 0 spiro atoms. The van der Waals surface area contributed by atoms with Crippen molar-refractivity contribution in [1.29, 1.82) is 5.26 Å². The Bertz CT molecular complexity index is 439. The normalized spacial score (nSPS) is 19.1. The van der Waals surface area contributed by atoms with Crippen LogP contribution in [-0.2, 0) is 4.79 Å². The molecule has 4 nitrogen and oxygen atoms in total. The van der Waals surface area contributed by atoms with Gasteiger partial charge in [-0.1, -0.05) is 18.2 Å². The first-order chi connectivity index (χ1) is 8.79. The minimum Gasteiger partial charge on any atom is -0.484 e. The van der Waals surface area contributed by atoms with Gasteiger partial charge >= 0.3 is 0 Å². The Morgan fingerprint density at radius 3 is 2.94 bits per heavy atom. The molecule has 0 N–H and O–H groups in total. The number of hydrogen-bond donors (Lipinski definition) is 0. The number of likely N-dealkylation sites (tertiary alicyclic amines) is 1. The Balaban J connectivity index is 1.83. The number of benzene rings is 1. The van der Waals surface area contributed by atoms with Crippen LogP contribution in [0, 0.1) is 17.2 Å². The largest absolute Gasteiger partial charge is 0.484 e. The van der Waals surface area contributed by atoms with E-state index in [1.165, 1.54) is 0 Å². The number of rotatable bonds is 3. The van der Waals surface area contributed by atoms with Gasteiger partial charge in [0.1, 0.15) is 5.75 Å². The second kappa shape index (κ2) is 6.06. The molecule has 1 aliphatic heterocycles. The van der Waals surface area contributed by atoms with E-state index in [0.717, 1.165) is 19.4 Å². The van der Waals surface area contributed by atoms with E-state index in [0.29, 0.717) is 12.3 Å². The molecule has 18 heavy (non-hydrogen) atoms. The highest BCUT2D eigenvalue weighted by Crippen LogP contribution is 2.16. The first-order valence-electron chi connectivity index (χ1n) is 6.15. The smallest absolute Gasteiger partial charge is 0.260 e. The Morgan fingerprint density at radius 1 is 1.44 bits per heavy atom. The molecule has 0 aromatic heterocycles. The molecule has 1 saturated heterocycles. The predicted octanol–water partition coefficient (Wildman–Crippen LogP) is 1.83. The Labute approximate surface area is 107 Å². The molecule has 2 rings (SSSR count). The molecular formula is C14H16N2O2. The van der Waals surface area contributed by atoms with Gasteiger partial charge in [0, 0.05) is 13.1 Å². The monoisotopic (exact) mass is 244 g/mol. The Hall–Kier alpha value is -2.02. The number of para-hydroxylation sites is 1. The van der Waals surface area contributed by atoms with Gasteiger partial charge in [-0.3, -0.25) is 4.79 Å². The van der Waals surface area contributed by atoms with Gasteiger partial charge in [-0.15, -0.1) is 0 Å². The molecule has 1 atom stereocenters. The topological polar surface area (TPSA) is 53.3 Å². The number of carbonyl (C=O) groups is 1. The van der Waals surface area contributed by atoms with Crippen molar-refractivity contribution in [3.05, 3.63) is 30.3 Å². The summed E-state index contributed by atoms with van der Waals surface area (Å²) in [6.45, 7) is 1.31. The fourth-order valence-electron chi connectivity index (χ4n) is 2.06. The number of nitrogens with zero attached hydrogens (tertiary/aromatic N) is 2. The molecule has 1 fully saturated rings. The van der Waals surface area contributed by atoms with Gasteiger partial charge < -0.3 is 9.64 Å². The average Bonchev–Trinajstić information content (AvgIpc) is 2.46. The molecule has 1 unspecified atom stereocenters. The predicted molar refractivity (Wildman–Crippen MR) is 66.9 cm³/mol. The lowest BCUT2D eigenvalue weighted by Crippen LogP contribution is -2.41. The number of ether oxygens (including phenoxy) is 1. The molecule has 0 radical (unpaired) electrons. The SMILES string of the molecule is N#CC1CCCN(C(=O)COc2ccccc2)C1.